The lowest BCUT2D eigenvalue weighted by molar-refractivity contribution is -0.147. The summed E-state index contributed by atoms with van der Waals surface area (Å²) >= 11 is 0. The number of ether oxygens (including phenoxy) is 3. The highest BCUT2D eigenvalue weighted by atomic mass is 16.5. The van der Waals surface area contributed by atoms with E-state index in [4.69, 9.17) is 19.9 Å². The molecular weight excluding hydrogens is 272 g/mol. The molecule has 2 N–H and O–H groups in total. The fourth-order valence-corrected chi connectivity index (χ4v) is 2.59. The Hall–Kier alpha value is -1.95. The molecule has 1 fully saturated rings. The van der Waals surface area contributed by atoms with Gasteiger partial charge in [-0.25, -0.2) is 0 Å². The van der Waals surface area contributed by atoms with Crippen LogP contribution in [0.1, 0.15) is 12.8 Å². The standard InChI is InChI=1S/C15H22N2O4/c1-19-12-5-4-11(10-13(12)20-2)17-8-6-15(16,7-9-17)14(18)21-3/h4-5,10H,6-9,16H2,1-3H3. The van der Waals surface area contributed by atoms with Crippen LogP contribution in [0.5, 0.6) is 11.5 Å². The van der Waals surface area contributed by atoms with E-state index in [-0.39, 0.29) is 5.97 Å². The number of carbonyl (C=O) groups is 1. The molecule has 0 radical (unpaired) electrons. The van der Waals surface area contributed by atoms with Gasteiger partial charge in [-0.15, -0.1) is 0 Å². The number of esters is 1. The maximum Gasteiger partial charge on any atom is 0.325 e. The zero-order valence-electron chi connectivity index (χ0n) is 12.7. The molecule has 1 aromatic rings. The third-order valence-corrected chi connectivity index (χ3v) is 3.98. The summed E-state index contributed by atoms with van der Waals surface area (Å²) in [6, 6.07) is 5.78. The van der Waals surface area contributed by atoms with Crippen LogP contribution >= 0.6 is 0 Å². The molecule has 0 aliphatic carbocycles. The van der Waals surface area contributed by atoms with Gasteiger partial charge in [0.2, 0.25) is 0 Å². The van der Waals surface area contributed by atoms with Gasteiger partial charge < -0.3 is 24.8 Å². The SMILES string of the molecule is COC(=O)C1(N)CCN(c2ccc(OC)c(OC)c2)CC1. The summed E-state index contributed by atoms with van der Waals surface area (Å²) in [6.07, 6.45) is 1.13. The fraction of sp³-hybridized carbons (Fsp3) is 0.533. The zero-order valence-corrected chi connectivity index (χ0v) is 12.7. The van der Waals surface area contributed by atoms with Gasteiger partial charge in [0.1, 0.15) is 5.54 Å². The summed E-state index contributed by atoms with van der Waals surface area (Å²) in [7, 11) is 4.59. The molecule has 0 amide bonds. The van der Waals surface area contributed by atoms with Crippen molar-refractivity contribution >= 4 is 11.7 Å². The number of hydrogen-bond donors (Lipinski definition) is 1. The second-order valence-electron chi connectivity index (χ2n) is 5.17. The smallest absolute Gasteiger partial charge is 0.325 e. The monoisotopic (exact) mass is 294 g/mol. The zero-order chi connectivity index (χ0) is 15.5. The summed E-state index contributed by atoms with van der Waals surface area (Å²) in [6.45, 7) is 1.39. The van der Waals surface area contributed by atoms with Crippen LogP contribution in [0, 0.1) is 0 Å². The molecule has 0 aromatic heterocycles. The highest BCUT2D eigenvalue weighted by Crippen LogP contribution is 2.33. The quantitative estimate of drug-likeness (QED) is 0.840. The molecular formula is C15H22N2O4. The molecule has 0 bridgehead atoms. The lowest BCUT2D eigenvalue weighted by atomic mass is 9.88. The van der Waals surface area contributed by atoms with Crippen molar-refractivity contribution in [3.05, 3.63) is 18.2 Å². The predicted molar refractivity (Wildman–Crippen MR) is 79.9 cm³/mol. The third-order valence-electron chi connectivity index (χ3n) is 3.98. The van der Waals surface area contributed by atoms with E-state index in [0.717, 1.165) is 5.69 Å². The molecule has 0 unspecified atom stereocenters. The summed E-state index contributed by atoms with van der Waals surface area (Å²) < 4.78 is 15.3. The van der Waals surface area contributed by atoms with Gasteiger partial charge >= 0.3 is 5.97 Å². The number of piperidine rings is 1. The summed E-state index contributed by atoms with van der Waals surface area (Å²) in [5, 5.41) is 0. The number of nitrogens with zero attached hydrogens (tertiary/aromatic N) is 1. The Bertz CT molecular complexity index is 510. The second-order valence-corrected chi connectivity index (χ2v) is 5.17. The van der Waals surface area contributed by atoms with E-state index in [9.17, 15) is 4.79 Å². The number of methoxy groups -OCH3 is 3. The molecule has 0 saturated carbocycles. The van der Waals surface area contributed by atoms with Crippen LogP contribution in [0.15, 0.2) is 18.2 Å². The lowest BCUT2D eigenvalue weighted by Crippen LogP contribution is -2.56. The van der Waals surface area contributed by atoms with Crippen LogP contribution in [0.25, 0.3) is 0 Å². The predicted octanol–water partition coefficient (Wildman–Crippen LogP) is 1.17. The van der Waals surface area contributed by atoms with Crippen LogP contribution < -0.4 is 20.1 Å². The van der Waals surface area contributed by atoms with Gasteiger partial charge in [-0.1, -0.05) is 0 Å². The Morgan fingerprint density at radius 3 is 2.29 bits per heavy atom. The normalized spacial score (nSPS) is 17.2. The maximum absolute atomic E-state index is 11.7. The topological polar surface area (TPSA) is 74.0 Å². The second kappa shape index (κ2) is 6.22. The minimum Gasteiger partial charge on any atom is -0.493 e. The Kier molecular flexibility index (Phi) is 4.57. The first-order chi connectivity index (χ1) is 10.0. The highest BCUT2D eigenvalue weighted by molar-refractivity contribution is 5.81. The molecule has 0 spiro atoms. The molecule has 2 rings (SSSR count). The Labute approximate surface area is 124 Å². The largest absolute Gasteiger partial charge is 0.493 e. The maximum atomic E-state index is 11.7. The average molecular weight is 294 g/mol. The molecule has 6 heteroatoms. The number of anilines is 1. The molecule has 1 saturated heterocycles. The molecule has 0 atom stereocenters. The van der Waals surface area contributed by atoms with E-state index in [1.54, 1.807) is 14.2 Å². The van der Waals surface area contributed by atoms with E-state index in [1.165, 1.54) is 7.11 Å². The number of carbonyl (C=O) groups excluding carboxylic acids is 1. The van der Waals surface area contributed by atoms with Gasteiger partial charge in [0.05, 0.1) is 21.3 Å². The Morgan fingerprint density at radius 2 is 1.76 bits per heavy atom. The van der Waals surface area contributed by atoms with Crippen molar-refractivity contribution in [3.8, 4) is 11.5 Å². The van der Waals surface area contributed by atoms with E-state index in [0.29, 0.717) is 37.4 Å². The summed E-state index contributed by atoms with van der Waals surface area (Å²) in [4.78, 5) is 13.9. The molecule has 21 heavy (non-hydrogen) atoms. The summed E-state index contributed by atoms with van der Waals surface area (Å²) in [5.74, 6) is 1.04. The van der Waals surface area contributed by atoms with Crippen LogP contribution in [0.3, 0.4) is 0 Å². The van der Waals surface area contributed by atoms with Crippen molar-refractivity contribution < 1.29 is 19.0 Å². The minimum atomic E-state index is -0.873. The van der Waals surface area contributed by atoms with Gasteiger partial charge in [0.15, 0.2) is 11.5 Å². The van der Waals surface area contributed by atoms with E-state index >= 15 is 0 Å². The van der Waals surface area contributed by atoms with Crippen LogP contribution in [-0.2, 0) is 9.53 Å². The van der Waals surface area contributed by atoms with Gasteiger partial charge in [0, 0.05) is 24.8 Å². The van der Waals surface area contributed by atoms with Gasteiger partial charge in [-0.3, -0.25) is 4.79 Å². The first kappa shape index (κ1) is 15.4. The van der Waals surface area contributed by atoms with Crippen molar-refractivity contribution in [2.24, 2.45) is 5.73 Å². The molecule has 1 heterocycles. The van der Waals surface area contributed by atoms with Gasteiger partial charge in [-0.05, 0) is 25.0 Å². The lowest BCUT2D eigenvalue weighted by Gasteiger charge is -2.38. The molecule has 1 aromatic carbocycles. The molecule has 1 aliphatic heterocycles. The van der Waals surface area contributed by atoms with Gasteiger partial charge in [-0.2, -0.15) is 0 Å². The Balaban J connectivity index is 2.10. The number of nitrogens with two attached hydrogens (primary N) is 1. The van der Waals surface area contributed by atoms with Crippen molar-refractivity contribution in [2.45, 2.75) is 18.4 Å². The first-order valence-corrected chi connectivity index (χ1v) is 6.88. The highest BCUT2D eigenvalue weighted by Gasteiger charge is 2.38. The van der Waals surface area contributed by atoms with E-state index in [1.807, 2.05) is 18.2 Å². The van der Waals surface area contributed by atoms with Crippen molar-refractivity contribution in [1.29, 1.82) is 0 Å². The molecule has 116 valence electrons. The van der Waals surface area contributed by atoms with Crippen LogP contribution in [-0.4, -0.2) is 45.9 Å². The number of rotatable bonds is 4. The number of benzene rings is 1. The minimum absolute atomic E-state index is 0.338. The molecule has 1 aliphatic rings. The summed E-state index contributed by atoms with van der Waals surface area (Å²) in [5.41, 5.74) is 6.26. The van der Waals surface area contributed by atoms with E-state index < -0.39 is 5.54 Å². The van der Waals surface area contributed by atoms with Crippen molar-refractivity contribution in [2.75, 3.05) is 39.3 Å². The van der Waals surface area contributed by atoms with Crippen LogP contribution in [0.2, 0.25) is 0 Å². The molecule has 6 nitrogen and oxygen atoms in total. The fourth-order valence-electron chi connectivity index (χ4n) is 2.59. The average Bonchev–Trinajstić information content (AvgIpc) is 2.54. The Morgan fingerprint density at radius 1 is 1.14 bits per heavy atom. The third kappa shape index (κ3) is 3.05. The van der Waals surface area contributed by atoms with Crippen LogP contribution in [0.4, 0.5) is 5.69 Å². The van der Waals surface area contributed by atoms with E-state index in [2.05, 4.69) is 4.90 Å². The van der Waals surface area contributed by atoms with Gasteiger partial charge in [0.25, 0.3) is 0 Å². The number of hydrogen-bond acceptors (Lipinski definition) is 6. The van der Waals surface area contributed by atoms with Crippen molar-refractivity contribution in [1.82, 2.24) is 0 Å². The first-order valence-electron chi connectivity index (χ1n) is 6.88. The van der Waals surface area contributed by atoms with Crippen molar-refractivity contribution in [3.63, 3.8) is 0 Å².